The van der Waals surface area contributed by atoms with Crippen LogP contribution in [0.5, 0.6) is 5.75 Å². The molecular weight excluding hydrogens is 852 g/mol. The molecule has 0 saturated heterocycles. The number of phenols is 1. The summed E-state index contributed by atoms with van der Waals surface area (Å²) in [5.41, 5.74) is 10.4. The van der Waals surface area contributed by atoms with Crippen LogP contribution < -0.4 is 4.90 Å². The Labute approximate surface area is 368 Å². The molecular formula is C51H52BrClN2O4S+2. The van der Waals surface area contributed by atoms with Gasteiger partial charge in [0.25, 0.3) is 10.1 Å². The lowest BCUT2D eigenvalue weighted by Gasteiger charge is -2.27. The van der Waals surface area contributed by atoms with Crippen LogP contribution in [0.15, 0.2) is 124 Å². The van der Waals surface area contributed by atoms with Crippen LogP contribution in [0, 0.1) is 6.92 Å². The quantitative estimate of drug-likeness (QED) is 0.0532. The van der Waals surface area contributed by atoms with Crippen LogP contribution >= 0.6 is 27.5 Å². The van der Waals surface area contributed by atoms with Crippen molar-refractivity contribution in [2.24, 2.45) is 0 Å². The molecule has 1 aliphatic carbocycles. The summed E-state index contributed by atoms with van der Waals surface area (Å²) in [4.78, 5) is 2.52. The Hall–Kier alpha value is -4.60. The summed E-state index contributed by atoms with van der Waals surface area (Å²) < 4.78 is 36.0. The van der Waals surface area contributed by atoms with Gasteiger partial charge in [0.15, 0.2) is 5.71 Å². The summed E-state index contributed by atoms with van der Waals surface area (Å²) in [7, 11) is -4.06. The standard InChI is InChI=1S/C51H50BrClN2O4S/c1-6-7-8-11-28-54-43-24-16-33-31-35(52)18-20-37(33)47(43)50(2,3)45(54)26-22-41-39-14-9-10-15-40(39)42(49(41)53)23-27-46-51(4,5)48-38-21-19-36(56)32-34(38)17-25-44(48)55(46)29-12-13-30-60(57,58)59/h9-10,14-27,31-32H,1,6-8,11-13,28-30H2,2-5H3/p+2. The lowest BCUT2D eigenvalue weighted by atomic mass is 9.79. The largest absolute Gasteiger partial charge is 0.508 e. The number of phenolic OH excluding ortho intramolecular Hbond substituents is 1. The van der Waals surface area contributed by atoms with Gasteiger partial charge in [0.2, 0.25) is 5.69 Å². The maximum absolute atomic E-state index is 11.6. The molecule has 2 N–H and O–H groups in total. The molecule has 0 aromatic heterocycles. The number of rotatable bonds is 13. The van der Waals surface area contributed by atoms with Gasteiger partial charge in [-0.15, -0.1) is 0 Å². The number of anilines is 1. The Morgan fingerprint density at radius 1 is 0.800 bits per heavy atom. The summed E-state index contributed by atoms with van der Waals surface area (Å²) in [6.45, 7) is 14.6. The Bertz CT molecular complexity index is 2830. The molecule has 5 aromatic rings. The van der Waals surface area contributed by atoms with Gasteiger partial charge in [0.05, 0.1) is 29.5 Å². The number of unbranched alkanes of at least 4 members (excludes halogenated alkanes) is 4. The van der Waals surface area contributed by atoms with Gasteiger partial charge in [-0.2, -0.15) is 13.0 Å². The zero-order chi connectivity index (χ0) is 42.6. The van der Waals surface area contributed by atoms with E-state index in [4.69, 9.17) is 11.6 Å². The van der Waals surface area contributed by atoms with Crippen LogP contribution in [0.2, 0.25) is 0 Å². The van der Waals surface area contributed by atoms with E-state index in [9.17, 15) is 18.1 Å². The number of nitrogens with zero attached hydrogens (tertiary/aromatic N) is 2. The summed E-state index contributed by atoms with van der Waals surface area (Å²) in [5.74, 6) is -0.0681. The van der Waals surface area contributed by atoms with E-state index in [2.05, 4.69) is 145 Å². The highest BCUT2D eigenvalue weighted by Crippen LogP contribution is 2.52. The zero-order valence-corrected chi connectivity index (χ0v) is 37.9. The van der Waals surface area contributed by atoms with E-state index in [0.29, 0.717) is 24.4 Å². The molecule has 0 unspecified atom stereocenters. The van der Waals surface area contributed by atoms with Crippen molar-refractivity contribution in [1.82, 2.24) is 0 Å². The first-order chi connectivity index (χ1) is 28.6. The van der Waals surface area contributed by atoms with Crippen LogP contribution in [0.4, 0.5) is 11.4 Å². The maximum Gasteiger partial charge on any atom is 0.264 e. The van der Waals surface area contributed by atoms with Crippen molar-refractivity contribution in [3.8, 4) is 5.75 Å². The SMILES string of the molecule is [CH2+]CCCCCN1/C(=C/C=C2C(Cl)=C(/C=C/C3=[N+](CCCCS(=O)(=O)O)c4ccc5cc(O)ccc5c4C3(C)C)c3ccccc3/2)C(C)(C)c2c1ccc1cc(Br)ccc21. The van der Waals surface area contributed by atoms with Crippen molar-refractivity contribution in [2.45, 2.75) is 77.0 Å². The van der Waals surface area contributed by atoms with Gasteiger partial charge in [-0.25, -0.2) is 0 Å². The second kappa shape index (κ2) is 16.4. The third kappa shape index (κ3) is 7.65. The van der Waals surface area contributed by atoms with E-state index >= 15 is 0 Å². The normalized spacial score (nSPS) is 18.2. The number of hydrogen-bond donors (Lipinski definition) is 2. The molecule has 0 fully saturated rings. The molecule has 60 heavy (non-hydrogen) atoms. The fourth-order valence-electron chi connectivity index (χ4n) is 9.79. The van der Waals surface area contributed by atoms with Crippen LogP contribution in [-0.2, 0) is 20.9 Å². The first kappa shape index (κ1) is 42.1. The van der Waals surface area contributed by atoms with Gasteiger partial charge < -0.3 is 10.0 Å². The van der Waals surface area contributed by atoms with Crippen molar-refractivity contribution in [1.29, 1.82) is 0 Å². The lowest BCUT2D eigenvalue weighted by molar-refractivity contribution is -0.438. The minimum Gasteiger partial charge on any atom is -0.508 e. The summed E-state index contributed by atoms with van der Waals surface area (Å²) in [6.07, 6.45) is 13.9. The Morgan fingerprint density at radius 3 is 2.28 bits per heavy atom. The minimum atomic E-state index is -4.06. The molecule has 0 saturated carbocycles. The van der Waals surface area contributed by atoms with E-state index in [1.54, 1.807) is 12.1 Å². The number of benzene rings is 5. The predicted molar refractivity (Wildman–Crippen MR) is 254 cm³/mol. The van der Waals surface area contributed by atoms with Gasteiger partial charge in [-0.05, 0) is 126 Å². The number of hydrogen-bond acceptors (Lipinski definition) is 4. The third-order valence-electron chi connectivity index (χ3n) is 12.6. The monoisotopic (exact) mass is 902 g/mol. The van der Waals surface area contributed by atoms with Crippen LogP contribution in [0.3, 0.4) is 0 Å². The number of halogens is 2. The molecule has 2 heterocycles. The van der Waals surface area contributed by atoms with E-state index < -0.39 is 15.5 Å². The summed E-state index contributed by atoms with van der Waals surface area (Å²) >= 11 is 11.2. The molecule has 6 nitrogen and oxygen atoms in total. The van der Waals surface area contributed by atoms with Gasteiger partial charge in [-0.3, -0.25) is 4.55 Å². The van der Waals surface area contributed by atoms with Crippen molar-refractivity contribution in [2.75, 3.05) is 23.7 Å². The molecule has 9 heteroatoms. The number of allylic oxidation sites excluding steroid dienone is 8. The molecule has 0 atom stereocenters. The fourth-order valence-corrected chi connectivity index (χ4v) is 11.1. The lowest BCUT2D eigenvalue weighted by Crippen LogP contribution is -2.28. The Balaban J connectivity index is 1.21. The molecule has 308 valence electrons. The first-order valence-corrected chi connectivity index (χ1v) is 23.7. The highest BCUT2D eigenvalue weighted by atomic mass is 79.9. The van der Waals surface area contributed by atoms with E-state index in [0.717, 1.165) is 86.7 Å². The van der Waals surface area contributed by atoms with Crippen molar-refractivity contribution in [3.05, 3.63) is 154 Å². The van der Waals surface area contributed by atoms with Gasteiger partial charge in [-0.1, -0.05) is 89.9 Å². The highest BCUT2D eigenvalue weighted by Gasteiger charge is 2.46. The molecule has 0 spiro atoms. The molecule has 0 radical (unpaired) electrons. The third-order valence-corrected chi connectivity index (χ3v) is 14.3. The average Bonchev–Trinajstić information content (AvgIpc) is 3.69. The second-order valence-corrected chi connectivity index (χ2v) is 20.1. The Morgan fingerprint density at radius 2 is 1.52 bits per heavy atom. The Kier molecular flexibility index (Phi) is 11.5. The smallest absolute Gasteiger partial charge is 0.264 e. The predicted octanol–water partition coefficient (Wildman–Crippen LogP) is 13.2. The van der Waals surface area contributed by atoms with Crippen LogP contribution in [0.25, 0.3) is 32.7 Å². The molecule has 3 aliphatic rings. The van der Waals surface area contributed by atoms with E-state index in [1.807, 2.05) is 12.1 Å². The average molecular weight is 904 g/mol. The molecule has 0 bridgehead atoms. The number of aromatic hydroxyl groups is 1. The van der Waals surface area contributed by atoms with Crippen molar-refractivity contribution in [3.63, 3.8) is 0 Å². The molecule has 0 amide bonds. The van der Waals surface area contributed by atoms with Gasteiger partial charge >= 0.3 is 0 Å². The van der Waals surface area contributed by atoms with Crippen LogP contribution in [-0.4, -0.2) is 47.2 Å². The highest BCUT2D eigenvalue weighted by molar-refractivity contribution is 9.10. The first-order valence-electron chi connectivity index (χ1n) is 20.9. The van der Waals surface area contributed by atoms with Crippen LogP contribution in [0.1, 0.15) is 88.5 Å². The second-order valence-electron chi connectivity index (χ2n) is 17.3. The van der Waals surface area contributed by atoms with E-state index in [-0.39, 0.29) is 16.9 Å². The number of fused-ring (bicyclic) bond motifs is 7. The van der Waals surface area contributed by atoms with Gasteiger partial charge in [0, 0.05) is 63.1 Å². The van der Waals surface area contributed by atoms with Crippen molar-refractivity contribution >= 4 is 87.4 Å². The summed E-state index contributed by atoms with van der Waals surface area (Å²) in [5, 5.41) is 15.5. The molecule has 8 rings (SSSR count). The minimum absolute atomic E-state index is 0.214. The zero-order valence-electron chi connectivity index (χ0n) is 34.7. The van der Waals surface area contributed by atoms with Crippen molar-refractivity contribution < 1.29 is 22.7 Å². The fraction of sp³-hybridized carbons (Fsp3) is 0.294. The summed E-state index contributed by atoms with van der Waals surface area (Å²) in [6, 6.07) is 29.1. The van der Waals surface area contributed by atoms with Gasteiger partial charge in [0.1, 0.15) is 12.3 Å². The molecule has 2 aliphatic heterocycles. The maximum atomic E-state index is 11.6. The molecule has 5 aromatic carbocycles. The van der Waals surface area contributed by atoms with E-state index in [1.165, 1.54) is 27.7 Å². The topological polar surface area (TPSA) is 80.9 Å².